The van der Waals surface area contributed by atoms with Crippen molar-refractivity contribution in [2.24, 2.45) is 5.73 Å². The van der Waals surface area contributed by atoms with Crippen LogP contribution in [0.25, 0.3) is 0 Å². The summed E-state index contributed by atoms with van der Waals surface area (Å²) in [5.74, 6) is -2.33. The number of nitrogens with zero attached hydrogens (tertiary/aromatic N) is 3. The maximum atomic E-state index is 14.6. The fraction of sp³-hybridized carbons (Fsp3) is 0.280. The molecule has 0 spiro atoms. The van der Waals surface area contributed by atoms with Gasteiger partial charge in [0.25, 0.3) is 11.3 Å². The molecule has 1 amide bonds. The van der Waals surface area contributed by atoms with Gasteiger partial charge in [0.15, 0.2) is 0 Å². The minimum absolute atomic E-state index is 0.0940. The number of pyridine rings is 1. The number of halogens is 4. The SMILES string of the molecule is CN(c1ccc(C(CCc2ccc(C(F)(F)F)nc2N2Cc3ccccc3C2)C(N)=O)cc1F)S(=O)O. The number of hydrogen-bond donors (Lipinski definition) is 2. The molecule has 1 aliphatic heterocycles. The Balaban J connectivity index is 1.62. The lowest BCUT2D eigenvalue weighted by molar-refractivity contribution is -0.141. The molecule has 7 nitrogen and oxygen atoms in total. The molecule has 0 saturated heterocycles. The molecule has 1 aromatic heterocycles. The standard InChI is InChI=1S/C25H24F4N4O3S/c1-32(37(35)36)21-10-7-16(12-20(21)26)19(23(30)34)9-6-15-8-11-22(25(27,28)29)31-24(15)33-13-17-4-2-3-5-18(17)14-33/h2-5,7-8,10-12,19H,6,9,13-14H2,1H3,(H2,30,34)(H,35,36). The molecule has 0 bridgehead atoms. The number of aryl methyl sites for hydroxylation is 1. The van der Waals surface area contributed by atoms with Gasteiger partial charge >= 0.3 is 6.18 Å². The summed E-state index contributed by atoms with van der Waals surface area (Å²) in [4.78, 5) is 18.0. The van der Waals surface area contributed by atoms with Gasteiger partial charge in [0.2, 0.25) is 5.91 Å². The molecule has 3 N–H and O–H groups in total. The lowest BCUT2D eigenvalue weighted by atomic mass is 9.91. The van der Waals surface area contributed by atoms with Crippen molar-refractivity contribution >= 4 is 28.7 Å². The van der Waals surface area contributed by atoms with Crippen LogP contribution in [0.15, 0.2) is 54.6 Å². The van der Waals surface area contributed by atoms with Crippen LogP contribution < -0.4 is 14.9 Å². The predicted octanol–water partition coefficient (Wildman–Crippen LogP) is 4.53. The summed E-state index contributed by atoms with van der Waals surface area (Å²) >= 11 is -2.44. The van der Waals surface area contributed by atoms with E-state index in [2.05, 4.69) is 4.98 Å². The Morgan fingerprint density at radius 2 is 1.81 bits per heavy atom. The third kappa shape index (κ3) is 5.75. The van der Waals surface area contributed by atoms with Crippen molar-refractivity contribution in [3.63, 3.8) is 0 Å². The molecule has 2 atom stereocenters. The molecule has 0 saturated carbocycles. The van der Waals surface area contributed by atoms with Crippen LogP contribution in [0.5, 0.6) is 0 Å². The molecule has 4 rings (SSSR count). The normalized spacial score (nSPS) is 14.8. The molecule has 2 aromatic carbocycles. The zero-order valence-electron chi connectivity index (χ0n) is 19.7. The lowest BCUT2D eigenvalue weighted by Gasteiger charge is -2.23. The maximum Gasteiger partial charge on any atom is 0.433 e. The van der Waals surface area contributed by atoms with Gasteiger partial charge in [-0.1, -0.05) is 36.4 Å². The lowest BCUT2D eigenvalue weighted by Crippen LogP contribution is -2.24. The third-order valence-corrected chi connectivity index (χ3v) is 7.05. The zero-order chi connectivity index (χ0) is 26.9. The number of benzene rings is 2. The molecule has 37 heavy (non-hydrogen) atoms. The molecule has 0 fully saturated rings. The number of nitrogens with two attached hydrogens (primary N) is 1. The fourth-order valence-electron chi connectivity index (χ4n) is 4.44. The average Bonchev–Trinajstić information content (AvgIpc) is 3.27. The largest absolute Gasteiger partial charge is 0.433 e. The van der Waals surface area contributed by atoms with E-state index in [1.54, 1.807) is 4.90 Å². The molecular weight excluding hydrogens is 512 g/mol. The molecule has 2 heterocycles. The molecule has 0 aliphatic carbocycles. The summed E-state index contributed by atoms with van der Waals surface area (Å²) in [5.41, 5.74) is 7.17. The van der Waals surface area contributed by atoms with E-state index < -0.39 is 40.8 Å². The number of alkyl halides is 3. The summed E-state index contributed by atoms with van der Waals surface area (Å²) < 4.78 is 76.3. The molecule has 1 aliphatic rings. The van der Waals surface area contributed by atoms with Gasteiger partial charge in [-0.3, -0.25) is 13.7 Å². The highest BCUT2D eigenvalue weighted by molar-refractivity contribution is 7.80. The number of rotatable bonds is 8. The minimum Gasteiger partial charge on any atom is -0.369 e. The van der Waals surface area contributed by atoms with Gasteiger partial charge in [0, 0.05) is 20.1 Å². The van der Waals surface area contributed by atoms with E-state index in [9.17, 15) is 31.1 Å². The number of anilines is 2. The van der Waals surface area contributed by atoms with Gasteiger partial charge in [-0.05, 0) is 53.3 Å². The Morgan fingerprint density at radius 1 is 1.16 bits per heavy atom. The first-order chi connectivity index (χ1) is 17.5. The van der Waals surface area contributed by atoms with Gasteiger partial charge in [-0.25, -0.2) is 13.6 Å². The highest BCUT2D eigenvalue weighted by atomic mass is 32.2. The predicted molar refractivity (Wildman–Crippen MR) is 131 cm³/mol. The molecule has 3 aromatic rings. The number of fused-ring (bicyclic) bond motifs is 1. The topological polar surface area (TPSA) is 99.8 Å². The van der Waals surface area contributed by atoms with E-state index in [0.29, 0.717) is 18.7 Å². The van der Waals surface area contributed by atoms with Gasteiger partial charge in [0.05, 0.1) is 11.6 Å². The Hall–Kier alpha value is -3.51. The molecular formula is C25H24F4N4O3S. The van der Waals surface area contributed by atoms with Gasteiger partial charge in [-0.2, -0.15) is 13.2 Å². The molecule has 2 unspecified atom stereocenters. The molecule has 0 radical (unpaired) electrons. The van der Waals surface area contributed by atoms with E-state index in [0.717, 1.165) is 27.6 Å². The Kier molecular flexibility index (Phi) is 7.51. The van der Waals surface area contributed by atoms with Crippen molar-refractivity contribution in [2.45, 2.75) is 38.0 Å². The first-order valence-electron chi connectivity index (χ1n) is 11.3. The second-order valence-corrected chi connectivity index (χ2v) is 9.74. The van der Waals surface area contributed by atoms with Crippen LogP contribution in [0, 0.1) is 5.82 Å². The van der Waals surface area contributed by atoms with Gasteiger partial charge < -0.3 is 10.6 Å². The second-order valence-electron chi connectivity index (χ2n) is 8.73. The van der Waals surface area contributed by atoms with Crippen LogP contribution in [0.2, 0.25) is 0 Å². The van der Waals surface area contributed by atoms with Crippen LogP contribution in [-0.2, 0) is 41.7 Å². The monoisotopic (exact) mass is 536 g/mol. The number of hydrogen-bond acceptors (Lipinski definition) is 4. The van der Waals surface area contributed by atoms with Crippen LogP contribution in [0.1, 0.15) is 40.3 Å². The quantitative estimate of drug-likeness (QED) is 0.326. The highest BCUT2D eigenvalue weighted by Gasteiger charge is 2.34. The highest BCUT2D eigenvalue weighted by Crippen LogP contribution is 2.35. The first kappa shape index (κ1) is 26.6. The zero-order valence-corrected chi connectivity index (χ0v) is 20.5. The summed E-state index contributed by atoms with van der Waals surface area (Å²) in [5, 5.41) is 0. The Morgan fingerprint density at radius 3 is 2.35 bits per heavy atom. The Bertz CT molecular complexity index is 1330. The van der Waals surface area contributed by atoms with Crippen molar-refractivity contribution in [2.75, 3.05) is 16.3 Å². The van der Waals surface area contributed by atoms with Crippen molar-refractivity contribution in [1.29, 1.82) is 0 Å². The number of primary amides is 1. The summed E-state index contributed by atoms with van der Waals surface area (Å²) in [6.07, 6.45) is -4.37. The van der Waals surface area contributed by atoms with Crippen molar-refractivity contribution in [3.05, 3.63) is 88.4 Å². The van der Waals surface area contributed by atoms with Crippen LogP contribution in [-0.4, -0.2) is 26.7 Å². The fourth-order valence-corrected chi connectivity index (χ4v) is 4.76. The smallest absolute Gasteiger partial charge is 0.369 e. The summed E-state index contributed by atoms with van der Waals surface area (Å²) in [6, 6.07) is 13.6. The number of carbonyl (C=O) groups excluding carboxylic acids is 1. The van der Waals surface area contributed by atoms with Crippen molar-refractivity contribution < 1.29 is 31.1 Å². The van der Waals surface area contributed by atoms with E-state index in [1.807, 2.05) is 24.3 Å². The van der Waals surface area contributed by atoms with E-state index in [-0.39, 0.29) is 29.9 Å². The second kappa shape index (κ2) is 10.5. The van der Waals surface area contributed by atoms with Crippen LogP contribution in [0.4, 0.5) is 29.1 Å². The van der Waals surface area contributed by atoms with Crippen LogP contribution in [0.3, 0.4) is 0 Å². The van der Waals surface area contributed by atoms with Crippen molar-refractivity contribution in [3.8, 4) is 0 Å². The summed E-state index contributed by atoms with van der Waals surface area (Å²) in [6.45, 7) is 0.784. The van der Waals surface area contributed by atoms with Gasteiger partial charge in [0.1, 0.15) is 17.3 Å². The summed E-state index contributed by atoms with van der Waals surface area (Å²) in [7, 11) is 1.23. The van der Waals surface area contributed by atoms with E-state index in [1.165, 1.54) is 25.2 Å². The third-order valence-electron chi connectivity index (χ3n) is 6.38. The first-order valence-corrected chi connectivity index (χ1v) is 12.3. The van der Waals surface area contributed by atoms with Gasteiger partial charge in [-0.15, -0.1) is 0 Å². The molecule has 12 heteroatoms. The average molecular weight is 537 g/mol. The maximum absolute atomic E-state index is 14.6. The van der Waals surface area contributed by atoms with Crippen LogP contribution >= 0.6 is 0 Å². The number of amides is 1. The van der Waals surface area contributed by atoms with Crippen molar-refractivity contribution in [1.82, 2.24) is 4.98 Å². The van der Waals surface area contributed by atoms with E-state index >= 15 is 0 Å². The molecule has 196 valence electrons. The number of carbonyl (C=O) groups is 1. The number of aromatic nitrogens is 1. The minimum atomic E-state index is -4.62. The van der Waals surface area contributed by atoms with E-state index in [4.69, 9.17) is 5.73 Å². The Labute approximate surface area is 213 Å².